The third-order valence-corrected chi connectivity index (χ3v) is 9.79. The molecule has 0 atom stereocenters. The lowest BCUT2D eigenvalue weighted by Crippen LogP contribution is -2.11. The molecule has 2 nitrogen and oxygen atoms in total. The van der Waals surface area contributed by atoms with E-state index >= 15 is 0 Å². The molecule has 246 valence electrons. The summed E-state index contributed by atoms with van der Waals surface area (Å²) in [5.74, 6) is 0. The van der Waals surface area contributed by atoms with Crippen LogP contribution in [0.25, 0.3) is 54.9 Å². The van der Waals surface area contributed by atoms with Crippen molar-refractivity contribution in [3.8, 4) is 33.4 Å². The highest BCUT2D eigenvalue weighted by molar-refractivity contribution is 6.22. The van der Waals surface area contributed by atoms with E-state index in [0.717, 1.165) is 28.4 Å². The average molecular weight is 665 g/mol. The SMILES string of the molecule is c1ccc(Nc2ccc3c(-c4ccccc4)c4cc(N(c5ccccc5)c5ccccc5-c5ccccc5)ccc4c(-c4ccccc4)c3c2)cc1. The molecule has 0 aromatic heterocycles. The number of nitrogens with one attached hydrogen (secondary N) is 1. The normalized spacial score (nSPS) is 11.1. The first-order chi connectivity index (χ1) is 25.8. The molecule has 0 fully saturated rings. The van der Waals surface area contributed by atoms with Crippen molar-refractivity contribution >= 4 is 50.0 Å². The molecule has 52 heavy (non-hydrogen) atoms. The van der Waals surface area contributed by atoms with Gasteiger partial charge in [-0.05, 0) is 104 Å². The van der Waals surface area contributed by atoms with E-state index in [2.05, 4.69) is 216 Å². The van der Waals surface area contributed by atoms with Crippen molar-refractivity contribution in [3.05, 3.63) is 212 Å². The van der Waals surface area contributed by atoms with E-state index in [0.29, 0.717) is 0 Å². The van der Waals surface area contributed by atoms with Gasteiger partial charge in [0.2, 0.25) is 0 Å². The second kappa shape index (κ2) is 13.8. The summed E-state index contributed by atoms with van der Waals surface area (Å²) in [4.78, 5) is 2.40. The Bertz CT molecular complexity index is 2620. The number of benzene rings is 9. The predicted octanol–water partition coefficient (Wildman–Crippen LogP) is 14.2. The highest BCUT2D eigenvalue weighted by Crippen LogP contribution is 2.48. The number of fused-ring (bicyclic) bond motifs is 2. The van der Waals surface area contributed by atoms with Gasteiger partial charge in [0, 0.05) is 28.3 Å². The van der Waals surface area contributed by atoms with Crippen LogP contribution in [-0.4, -0.2) is 0 Å². The van der Waals surface area contributed by atoms with Crippen molar-refractivity contribution < 1.29 is 0 Å². The first-order valence-electron chi connectivity index (χ1n) is 17.8. The lowest BCUT2D eigenvalue weighted by molar-refractivity contribution is 1.29. The molecule has 0 heterocycles. The van der Waals surface area contributed by atoms with Crippen LogP contribution in [0.2, 0.25) is 0 Å². The average Bonchev–Trinajstić information content (AvgIpc) is 3.22. The second-order valence-corrected chi connectivity index (χ2v) is 13.0. The Morgan fingerprint density at radius 2 is 0.788 bits per heavy atom. The summed E-state index contributed by atoms with van der Waals surface area (Å²) >= 11 is 0. The lowest BCUT2D eigenvalue weighted by atomic mass is 9.85. The molecule has 9 aromatic carbocycles. The molecule has 0 saturated heterocycles. The molecule has 0 bridgehead atoms. The molecule has 0 radical (unpaired) electrons. The third kappa shape index (κ3) is 5.87. The number of rotatable bonds is 8. The zero-order valence-electron chi connectivity index (χ0n) is 28.7. The van der Waals surface area contributed by atoms with Gasteiger partial charge >= 0.3 is 0 Å². The van der Waals surface area contributed by atoms with Crippen molar-refractivity contribution in [2.45, 2.75) is 0 Å². The summed E-state index contributed by atoms with van der Waals surface area (Å²) in [6.07, 6.45) is 0. The van der Waals surface area contributed by atoms with Gasteiger partial charge in [-0.3, -0.25) is 0 Å². The molecule has 9 rings (SSSR count). The van der Waals surface area contributed by atoms with Crippen LogP contribution in [0.1, 0.15) is 0 Å². The van der Waals surface area contributed by atoms with Crippen LogP contribution in [0.3, 0.4) is 0 Å². The molecular weight excluding hydrogens is 629 g/mol. The van der Waals surface area contributed by atoms with Gasteiger partial charge in [0.15, 0.2) is 0 Å². The Balaban J connectivity index is 1.35. The maximum atomic E-state index is 3.65. The molecule has 0 unspecified atom stereocenters. The van der Waals surface area contributed by atoms with Gasteiger partial charge in [0.05, 0.1) is 5.69 Å². The minimum atomic E-state index is 1.05. The predicted molar refractivity (Wildman–Crippen MR) is 222 cm³/mol. The number of hydrogen-bond acceptors (Lipinski definition) is 2. The number of nitrogens with zero attached hydrogens (tertiary/aromatic N) is 1. The van der Waals surface area contributed by atoms with E-state index in [1.54, 1.807) is 0 Å². The van der Waals surface area contributed by atoms with E-state index in [9.17, 15) is 0 Å². The smallest absolute Gasteiger partial charge is 0.0540 e. The van der Waals surface area contributed by atoms with E-state index < -0.39 is 0 Å². The zero-order chi connectivity index (χ0) is 34.7. The maximum absolute atomic E-state index is 3.65. The Morgan fingerprint density at radius 3 is 1.40 bits per heavy atom. The van der Waals surface area contributed by atoms with E-state index in [4.69, 9.17) is 0 Å². The number of para-hydroxylation sites is 3. The fraction of sp³-hybridized carbons (Fsp3) is 0. The Morgan fingerprint density at radius 1 is 0.308 bits per heavy atom. The Labute approximate surface area is 304 Å². The largest absolute Gasteiger partial charge is 0.356 e. The molecule has 0 saturated carbocycles. The first-order valence-corrected chi connectivity index (χ1v) is 17.8. The van der Waals surface area contributed by atoms with Gasteiger partial charge in [0.25, 0.3) is 0 Å². The quantitative estimate of drug-likeness (QED) is 0.163. The van der Waals surface area contributed by atoms with Gasteiger partial charge < -0.3 is 10.2 Å². The molecule has 0 aliphatic rings. The van der Waals surface area contributed by atoms with Crippen LogP contribution in [0.5, 0.6) is 0 Å². The van der Waals surface area contributed by atoms with Crippen molar-refractivity contribution in [2.24, 2.45) is 0 Å². The molecular formula is C50H36N2. The van der Waals surface area contributed by atoms with Gasteiger partial charge in [0.1, 0.15) is 0 Å². The van der Waals surface area contributed by atoms with E-state index in [1.807, 2.05) is 6.07 Å². The fourth-order valence-corrected chi connectivity index (χ4v) is 7.49. The highest BCUT2D eigenvalue weighted by atomic mass is 15.1. The van der Waals surface area contributed by atoms with Gasteiger partial charge in [-0.2, -0.15) is 0 Å². The van der Waals surface area contributed by atoms with Crippen LogP contribution in [0, 0.1) is 0 Å². The second-order valence-electron chi connectivity index (χ2n) is 13.0. The molecule has 0 amide bonds. The molecule has 0 aliphatic heterocycles. The first kappa shape index (κ1) is 31.1. The molecule has 2 heteroatoms. The lowest BCUT2D eigenvalue weighted by Gasteiger charge is -2.29. The van der Waals surface area contributed by atoms with Crippen LogP contribution >= 0.6 is 0 Å². The molecule has 0 aliphatic carbocycles. The summed E-state index contributed by atoms with van der Waals surface area (Å²) < 4.78 is 0. The van der Waals surface area contributed by atoms with Crippen LogP contribution in [-0.2, 0) is 0 Å². The highest BCUT2D eigenvalue weighted by Gasteiger charge is 2.21. The molecule has 1 N–H and O–H groups in total. The topological polar surface area (TPSA) is 15.3 Å². The monoisotopic (exact) mass is 664 g/mol. The molecule has 0 spiro atoms. The summed E-state index contributed by atoms with van der Waals surface area (Å²) in [5.41, 5.74) is 12.6. The van der Waals surface area contributed by atoms with Crippen molar-refractivity contribution in [3.63, 3.8) is 0 Å². The Hall–Kier alpha value is -6.90. The van der Waals surface area contributed by atoms with E-state index in [-0.39, 0.29) is 0 Å². The van der Waals surface area contributed by atoms with Crippen molar-refractivity contribution in [1.82, 2.24) is 0 Å². The van der Waals surface area contributed by atoms with Gasteiger partial charge in [-0.25, -0.2) is 0 Å². The van der Waals surface area contributed by atoms with Crippen LogP contribution in [0.15, 0.2) is 212 Å². The zero-order valence-corrected chi connectivity index (χ0v) is 28.7. The van der Waals surface area contributed by atoms with Crippen LogP contribution in [0.4, 0.5) is 28.4 Å². The maximum Gasteiger partial charge on any atom is 0.0540 e. The summed E-state index contributed by atoms with van der Waals surface area (Å²) in [6, 6.07) is 76.0. The minimum absolute atomic E-state index is 1.05. The standard InChI is InChI=1S/C50H36N2/c1-6-18-36(19-7-1)43-28-16-17-29-48(43)52(41-26-14-5-15-27-41)42-31-33-45-47(35-42)50(38-22-10-3-11-23-38)44-32-30-40(51-39-24-12-4-13-25-39)34-46(44)49(45)37-20-8-2-9-21-37/h1-35,51H. The molecule has 9 aromatic rings. The van der Waals surface area contributed by atoms with E-state index in [1.165, 1.54) is 54.9 Å². The summed E-state index contributed by atoms with van der Waals surface area (Å²) in [5, 5.41) is 8.49. The number of anilines is 5. The van der Waals surface area contributed by atoms with Gasteiger partial charge in [-0.15, -0.1) is 0 Å². The van der Waals surface area contributed by atoms with Crippen molar-refractivity contribution in [2.75, 3.05) is 10.2 Å². The number of hydrogen-bond donors (Lipinski definition) is 1. The van der Waals surface area contributed by atoms with Gasteiger partial charge in [-0.1, -0.05) is 158 Å². The Kier molecular flexibility index (Phi) is 8.24. The van der Waals surface area contributed by atoms with Crippen molar-refractivity contribution in [1.29, 1.82) is 0 Å². The summed E-state index contributed by atoms with van der Waals surface area (Å²) in [6.45, 7) is 0. The summed E-state index contributed by atoms with van der Waals surface area (Å²) in [7, 11) is 0. The fourth-order valence-electron chi connectivity index (χ4n) is 7.49. The minimum Gasteiger partial charge on any atom is -0.356 e. The third-order valence-electron chi connectivity index (χ3n) is 9.79. The van der Waals surface area contributed by atoms with Crippen LogP contribution < -0.4 is 10.2 Å².